The normalized spacial score (nSPS) is 11.7. The summed E-state index contributed by atoms with van der Waals surface area (Å²) in [5, 5.41) is 0. The molecular formula is C13H20BrN. The molecule has 1 nitrogen and oxygen atoms in total. The van der Waals surface area contributed by atoms with Gasteiger partial charge in [-0.25, -0.2) is 0 Å². The van der Waals surface area contributed by atoms with Crippen LogP contribution in [0.1, 0.15) is 38.7 Å². The SMILES string of the molecule is CCC(CC)(CCN)c1cccc(Br)c1. The van der Waals surface area contributed by atoms with E-state index in [0.717, 1.165) is 30.3 Å². The third kappa shape index (κ3) is 2.82. The Bertz CT molecular complexity index is 305. The van der Waals surface area contributed by atoms with Gasteiger partial charge in [-0.05, 0) is 48.9 Å². The minimum absolute atomic E-state index is 0.262. The van der Waals surface area contributed by atoms with Crippen LogP contribution >= 0.6 is 15.9 Å². The lowest BCUT2D eigenvalue weighted by Crippen LogP contribution is -2.27. The van der Waals surface area contributed by atoms with Crippen LogP contribution in [0.3, 0.4) is 0 Å². The van der Waals surface area contributed by atoms with E-state index in [1.807, 2.05) is 0 Å². The van der Waals surface area contributed by atoms with Crippen molar-refractivity contribution in [3.8, 4) is 0 Å². The summed E-state index contributed by atoms with van der Waals surface area (Å²) in [6.45, 7) is 5.26. The molecule has 2 N–H and O–H groups in total. The van der Waals surface area contributed by atoms with Gasteiger partial charge in [-0.1, -0.05) is 41.9 Å². The fraction of sp³-hybridized carbons (Fsp3) is 0.538. The van der Waals surface area contributed by atoms with E-state index in [9.17, 15) is 0 Å². The van der Waals surface area contributed by atoms with Crippen molar-refractivity contribution in [1.82, 2.24) is 0 Å². The zero-order valence-corrected chi connectivity index (χ0v) is 11.2. The summed E-state index contributed by atoms with van der Waals surface area (Å²) >= 11 is 3.53. The maximum absolute atomic E-state index is 5.73. The summed E-state index contributed by atoms with van der Waals surface area (Å²) in [7, 11) is 0. The van der Waals surface area contributed by atoms with E-state index in [1.165, 1.54) is 5.56 Å². The Balaban J connectivity index is 3.07. The molecule has 0 bridgehead atoms. The van der Waals surface area contributed by atoms with E-state index in [4.69, 9.17) is 5.73 Å². The van der Waals surface area contributed by atoms with Crippen LogP contribution in [0.25, 0.3) is 0 Å². The van der Waals surface area contributed by atoms with Gasteiger partial charge in [0.15, 0.2) is 0 Å². The number of nitrogens with two attached hydrogens (primary N) is 1. The van der Waals surface area contributed by atoms with Crippen LogP contribution < -0.4 is 5.73 Å². The van der Waals surface area contributed by atoms with Crippen LogP contribution in [0.5, 0.6) is 0 Å². The molecule has 0 aromatic heterocycles. The van der Waals surface area contributed by atoms with Crippen LogP contribution in [0.4, 0.5) is 0 Å². The largest absolute Gasteiger partial charge is 0.330 e. The van der Waals surface area contributed by atoms with Gasteiger partial charge >= 0.3 is 0 Å². The molecule has 0 atom stereocenters. The van der Waals surface area contributed by atoms with Crippen molar-refractivity contribution in [3.05, 3.63) is 34.3 Å². The van der Waals surface area contributed by atoms with Crippen molar-refractivity contribution in [3.63, 3.8) is 0 Å². The molecule has 0 aliphatic rings. The van der Waals surface area contributed by atoms with Crippen LogP contribution in [0.2, 0.25) is 0 Å². The molecule has 0 saturated heterocycles. The zero-order valence-electron chi connectivity index (χ0n) is 9.59. The Morgan fingerprint density at radius 3 is 2.40 bits per heavy atom. The fourth-order valence-electron chi connectivity index (χ4n) is 2.25. The van der Waals surface area contributed by atoms with Crippen molar-refractivity contribution < 1.29 is 0 Å². The number of hydrogen-bond donors (Lipinski definition) is 1. The molecule has 15 heavy (non-hydrogen) atoms. The predicted octanol–water partition coefficient (Wildman–Crippen LogP) is 3.86. The Morgan fingerprint density at radius 1 is 1.27 bits per heavy atom. The van der Waals surface area contributed by atoms with E-state index in [0.29, 0.717) is 0 Å². The Hall–Kier alpha value is -0.340. The molecular weight excluding hydrogens is 250 g/mol. The number of hydrogen-bond acceptors (Lipinski definition) is 1. The van der Waals surface area contributed by atoms with Crippen LogP contribution in [-0.2, 0) is 5.41 Å². The molecule has 2 heteroatoms. The quantitative estimate of drug-likeness (QED) is 0.864. The summed E-state index contributed by atoms with van der Waals surface area (Å²) in [6, 6.07) is 8.62. The molecule has 1 rings (SSSR count). The van der Waals surface area contributed by atoms with E-state index in [1.54, 1.807) is 0 Å². The van der Waals surface area contributed by atoms with Crippen molar-refractivity contribution in [2.45, 2.75) is 38.5 Å². The van der Waals surface area contributed by atoms with Gasteiger partial charge in [0.25, 0.3) is 0 Å². The summed E-state index contributed by atoms with van der Waals surface area (Å²) in [6.07, 6.45) is 3.37. The number of rotatable bonds is 5. The molecule has 1 aromatic carbocycles. The van der Waals surface area contributed by atoms with Crippen LogP contribution in [0.15, 0.2) is 28.7 Å². The van der Waals surface area contributed by atoms with E-state index >= 15 is 0 Å². The molecule has 0 unspecified atom stereocenters. The van der Waals surface area contributed by atoms with E-state index in [2.05, 4.69) is 54.0 Å². The van der Waals surface area contributed by atoms with Gasteiger partial charge in [-0.2, -0.15) is 0 Å². The standard InChI is InChI=1S/C13H20BrN/c1-3-13(4-2,8-9-15)11-6-5-7-12(14)10-11/h5-7,10H,3-4,8-9,15H2,1-2H3. The third-order valence-electron chi connectivity index (χ3n) is 3.41. The highest BCUT2D eigenvalue weighted by Crippen LogP contribution is 2.35. The predicted molar refractivity (Wildman–Crippen MR) is 70.1 cm³/mol. The Kier molecular flexibility index (Phi) is 4.81. The van der Waals surface area contributed by atoms with E-state index in [-0.39, 0.29) is 5.41 Å². The van der Waals surface area contributed by atoms with Gasteiger partial charge in [-0.15, -0.1) is 0 Å². The van der Waals surface area contributed by atoms with Gasteiger partial charge in [0, 0.05) is 4.47 Å². The fourth-order valence-corrected chi connectivity index (χ4v) is 2.65. The lowest BCUT2D eigenvalue weighted by Gasteiger charge is -2.32. The van der Waals surface area contributed by atoms with Gasteiger partial charge in [-0.3, -0.25) is 0 Å². The second kappa shape index (κ2) is 5.66. The maximum Gasteiger partial charge on any atom is 0.0178 e. The van der Waals surface area contributed by atoms with Crippen LogP contribution in [0, 0.1) is 0 Å². The summed E-state index contributed by atoms with van der Waals surface area (Å²) in [4.78, 5) is 0. The van der Waals surface area contributed by atoms with Gasteiger partial charge in [0.2, 0.25) is 0 Å². The van der Waals surface area contributed by atoms with Crippen molar-refractivity contribution in [2.75, 3.05) is 6.54 Å². The smallest absolute Gasteiger partial charge is 0.0178 e. The molecule has 1 aromatic rings. The number of benzene rings is 1. The first-order chi connectivity index (χ1) is 7.18. The molecule has 0 amide bonds. The Labute approximate surface area is 101 Å². The summed E-state index contributed by atoms with van der Waals surface area (Å²) < 4.78 is 1.16. The molecule has 0 spiro atoms. The Morgan fingerprint density at radius 2 is 1.93 bits per heavy atom. The summed E-state index contributed by atoms with van der Waals surface area (Å²) in [5.74, 6) is 0. The minimum atomic E-state index is 0.262. The first-order valence-electron chi connectivity index (χ1n) is 5.64. The second-order valence-corrected chi connectivity index (χ2v) is 4.95. The topological polar surface area (TPSA) is 26.0 Å². The molecule has 0 heterocycles. The lowest BCUT2D eigenvalue weighted by molar-refractivity contribution is 0.371. The van der Waals surface area contributed by atoms with Gasteiger partial charge < -0.3 is 5.73 Å². The molecule has 0 radical (unpaired) electrons. The van der Waals surface area contributed by atoms with Crippen molar-refractivity contribution >= 4 is 15.9 Å². The van der Waals surface area contributed by atoms with Crippen molar-refractivity contribution in [2.24, 2.45) is 5.73 Å². The van der Waals surface area contributed by atoms with E-state index < -0.39 is 0 Å². The molecule has 84 valence electrons. The third-order valence-corrected chi connectivity index (χ3v) is 3.91. The van der Waals surface area contributed by atoms with Crippen LogP contribution in [-0.4, -0.2) is 6.54 Å². The minimum Gasteiger partial charge on any atom is -0.330 e. The van der Waals surface area contributed by atoms with Crippen molar-refractivity contribution in [1.29, 1.82) is 0 Å². The molecule has 0 saturated carbocycles. The summed E-state index contributed by atoms with van der Waals surface area (Å²) in [5.41, 5.74) is 7.40. The first-order valence-corrected chi connectivity index (χ1v) is 6.44. The average molecular weight is 270 g/mol. The zero-order chi connectivity index (χ0) is 11.3. The highest BCUT2D eigenvalue weighted by Gasteiger charge is 2.27. The van der Waals surface area contributed by atoms with Gasteiger partial charge in [0.05, 0.1) is 0 Å². The highest BCUT2D eigenvalue weighted by atomic mass is 79.9. The lowest BCUT2D eigenvalue weighted by atomic mass is 9.73. The van der Waals surface area contributed by atoms with Gasteiger partial charge in [0.1, 0.15) is 0 Å². The molecule has 0 fully saturated rings. The monoisotopic (exact) mass is 269 g/mol. The second-order valence-electron chi connectivity index (χ2n) is 4.04. The maximum atomic E-state index is 5.73. The number of halogens is 1. The highest BCUT2D eigenvalue weighted by molar-refractivity contribution is 9.10. The average Bonchev–Trinajstić information content (AvgIpc) is 2.26. The first kappa shape index (κ1) is 12.7. The molecule has 0 aliphatic heterocycles. The molecule has 0 aliphatic carbocycles.